The molecule has 1 unspecified atom stereocenters. The maximum atomic E-state index is 11.9. The number of carbonyl (C=O) groups excluding carboxylic acids is 3. The Bertz CT molecular complexity index is 676. The minimum Gasteiger partial charge on any atom is -0.507 e. The maximum Gasteiger partial charge on any atom is 0.346 e. The fourth-order valence-corrected chi connectivity index (χ4v) is 2.30. The highest BCUT2D eigenvalue weighted by atomic mass is 16.6. The summed E-state index contributed by atoms with van der Waals surface area (Å²) in [5.74, 6) is -1.56. The molecule has 0 aliphatic carbocycles. The zero-order valence-corrected chi connectivity index (χ0v) is 13.0. The molecule has 0 saturated heterocycles. The number of cyclic esters (lactones) is 1. The predicted molar refractivity (Wildman–Crippen MR) is 81.2 cm³/mol. The largest absolute Gasteiger partial charge is 0.507 e. The van der Waals surface area contributed by atoms with E-state index < -0.39 is 23.6 Å². The van der Waals surface area contributed by atoms with Gasteiger partial charge in [-0.2, -0.15) is 0 Å². The number of ether oxygens (including phenoxy) is 2. The van der Waals surface area contributed by atoms with E-state index in [1.165, 1.54) is 25.9 Å². The summed E-state index contributed by atoms with van der Waals surface area (Å²) in [6.45, 7) is 2.44. The third-order valence-electron chi connectivity index (χ3n) is 3.48. The maximum absolute atomic E-state index is 11.9. The monoisotopic (exact) mass is 319 g/mol. The summed E-state index contributed by atoms with van der Waals surface area (Å²) in [6, 6.07) is 6.71. The molecule has 0 fully saturated rings. The van der Waals surface area contributed by atoms with Crippen molar-refractivity contribution in [1.29, 1.82) is 0 Å². The molecule has 1 heterocycles. The highest BCUT2D eigenvalue weighted by Crippen LogP contribution is 2.25. The van der Waals surface area contributed by atoms with Crippen LogP contribution in [0.25, 0.3) is 0 Å². The molecular weight excluding hydrogens is 302 g/mol. The van der Waals surface area contributed by atoms with Crippen LogP contribution in [0.4, 0.5) is 5.69 Å². The van der Waals surface area contributed by atoms with E-state index in [0.717, 1.165) is 0 Å². The molecule has 1 aliphatic heterocycles. The van der Waals surface area contributed by atoms with Crippen LogP contribution >= 0.6 is 0 Å². The summed E-state index contributed by atoms with van der Waals surface area (Å²) >= 11 is 0. The van der Waals surface area contributed by atoms with Crippen LogP contribution in [0.1, 0.15) is 13.8 Å². The number of hydrogen-bond donors (Lipinski definition) is 1. The van der Waals surface area contributed by atoms with Gasteiger partial charge < -0.3 is 19.5 Å². The van der Waals surface area contributed by atoms with Crippen molar-refractivity contribution >= 4 is 23.3 Å². The van der Waals surface area contributed by atoms with Gasteiger partial charge in [0.25, 0.3) is 0 Å². The summed E-state index contributed by atoms with van der Waals surface area (Å²) in [6.07, 6.45) is -1.06. The molecule has 0 bridgehead atoms. The molecule has 1 N–H and O–H groups in total. The van der Waals surface area contributed by atoms with Crippen LogP contribution in [0.5, 0.6) is 5.75 Å². The van der Waals surface area contributed by atoms with Crippen LogP contribution in [-0.2, 0) is 19.1 Å². The fourth-order valence-electron chi connectivity index (χ4n) is 2.30. The molecule has 1 aromatic carbocycles. The lowest BCUT2D eigenvalue weighted by atomic mass is 10.1. The first-order chi connectivity index (χ1) is 10.8. The van der Waals surface area contributed by atoms with Gasteiger partial charge in [-0.1, -0.05) is 0 Å². The number of nitrogens with zero attached hydrogens (tertiary/aromatic N) is 1. The van der Waals surface area contributed by atoms with Crippen molar-refractivity contribution in [3.63, 3.8) is 0 Å². The van der Waals surface area contributed by atoms with Crippen molar-refractivity contribution in [2.75, 3.05) is 18.6 Å². The van der Waals surface area contributed by atoms with E-state index in [1.54, 1.807) is 24.3 Å². The number of rotatable bonds is 5. The van der Waals surface area contributed by atoms with Gasteiger partial charge in [0.15, 0.2) is 17.6 Å². The number of anilines is 1. The minimum atomic E-state index is -1.06. The number of carbonyl (C=O) groups is 3. The summed E-state index contributed by atoms with van der Waals surface area (Å²) in [4.78, 5) is 36.2. The minimum absolute atomic E-state index is 0.0873. The topological polar surface area (TPSA) is 93.1 Å². The van der Waals surface area contributed by atoms with Crippen LogP contribution in [0.15, 0.2) is 35.6 Å². The third kappa shape index (κ3) is 3.33. The second kappa shape index (κ2) is 6.51. The third-order valence-corrected chi connectivity index (χ3v) is 3.48. The van der Waals surface area contributed by atoms with Crippen LogP contribution in [0, 0.1) is 0 Å². The van der Waals surface area contributed by atoms with E-state index in [2.05, 4.69) is 0 Å². The number of aliphatic hydroxyl groups excluding tert-OH is 1. The summed E-state index contributed by atoms with van der Waals surface area (Å²) in [5.41, 5.74) is 0.187. The van der Waals surface area contributed by atoms with Crippen LogP contribution in [-0.4, -0.2) is 42.5 Å². The first kappa shape index (κ1) is 16.5. The Morgan fingerprint density at radius 2 is 1.87 bits per heavy atom. The molecule has 0 spiro atoms. The zero-order valence-electron chi connectivity index (χ0n) is 13.0. The Kier molecular flexibility index (Phi) is 4.68. The number of methoxy groups -OCH3 is 1. The lowest BCUT2D eigenvalue weighted by molar-refractivity contribution is -0.141. The Morgan fingerprint density at radius 1 is 1.26 bits per heavy atom. The molecule has 2 rings (SSSR count). The van der Waals surface area contributed by atoms with Crippen molar-refractivity contribution in [1.82, 2.24) is 0 Å². The molecule has 0 aromatic heterocycles. The molecule has 1 aliphatic rings. The Hall–Kier alpha value is -2.83. The second-order valence-electron chi connectivity index (χ2n) is 5.04. The van der Waals surface area contributed by atoms with Crippen LogP contribution in [0.2, 0.25) is 0 Å². The average Bonchev–Trinajstić information content (AvgIpc) is 2.78. The average molecular weight is 319 g/mol. The van der Waals surface area contributed by atoms with E-state index in [0.29, 0.717) is 11.4 Å². The molecule has 0 radical (unpaired) electrons. The van der Waals surface area contributed by atoms with Gasteiger partial charge in [-0.3, -0.25) is 9.59 Å². The Morgan fingerprint density at radius 3 is 2.30 bits per heavy atom. The van der Waals surface area contributed by atoms with Crippen molar-refractivity contribution < 1.29 is 29.0 Å². The summed E-state index contributed by atoms with van der Waals surface area (Å²) < 4.78 is 10.0. The molecule has 122 valence electrons. The van der Waals surface area contributed by atoms with E-state index in [-0.39, 0.29) is 18.0 Å². The van der Waals surface area contributed by atoms with Gasteiger partial charge >= 0.3 is 5.97 Å². The standard InChI is InChI=1S/C16H17NO6/c1-9(18)14-15(20)13(23-16(14)21)8-17(10(2)19)11-4-6-12(22-3)7-5-11/h4-7,13,20H,8H2,1-3H3. The molecule has 7 nitrogen and oxygen atoms in total. The molecule has 23 heavy (non-hydrogen) atoms. The Labute approximate surface area is 133 Å². The summed E-state index contributed by atoms with van der Waals surface area (Å²) in [7, 11) is 1.53. The number of Topliss-reactive ketones (excluding diaryl/α,β-unsaturated/α-hetero) is 1. The highest BCUT2D eigenvalue weighted by Gasteiger charge is 2.38. The van der Waals surface area contributed by atoms with Gasteiger partial charge in [0.2, 0.25) is 5.91 Å². The lowest BCUT2D eigenvalue weighted by Crippen LogP contribution is -2.37. The van der Waals surface area contributed by atoms with Crippen LogP contribution in [0.3, 0.4) is 0 Å². The van der Waals surface area contributed by atoms with Crippen molar-refractivity contribution in [3.05, 3.63) is 35.6 Å². The highest BCUT2D eigenvalue weighted by molar-refractivity contribution is 6.18. The van der Waals surface area contributed by atoms with E-state index >= 15 is 0 Å². The SMILES string of the molecule is COc1ccc(N(CC2OC(=O)C(C(C)=O)=C2O)C(C)=O)cc1. The smallest absolute Gasteiger partial charge is 0.346 e. The Balaban J connectivity index is 2.25. The normalized spacial score (nSPS) is 17.0. The first-order valence-corrected chi connectivity index (χ1v) is 6.92. The summed E-state index contributed by atoms with van der Waals surface area (Å²) in [5, 5.41) is 10.0. The number of benzene rings is 1. The number of amides is 1. The quantitative estimate of drug-likeness (QED) is 0.651. The van der Waals surface area contributed by atoms with Gasteiger partial charge in [-0.15, -0.1) is 0 Å². The first-order valence-electron chi connectivity index (χ1n) is 6.92. The van der Waals surface area contributed by atoms with Gasteiger partial charge in [0, 0.05) is 12.6 Å². The lowest BCUT2D eigenvalue weighted by Gasteiger charge is -2.24. The van der Waals surface area contributed by atoms with Crippen LogP contribution < -0.4 is 9.64 Å². The van der Waals surface area contributed by atoms with E-state index in [4.69, 9.17) is 9.47 Å². The molecular formula is C16H17NO6. The molecule has 1 atom stereocenters. The van der Waals surface area contributed by atoms with Crippen molar-refractivity contribution in [2.24, 2.45) is 0 Å². The second-order valence-corrected chi connectivity index (χ2v) is 5.04. The van der Waals surface area contributed by atoms with Gasteiger partial charge in [-0.05, 0) is 31.2 Å². The number of aliphatic hydroxyl groups is 1. The van der Waals surface area contributed by atoms with Crippen molar-refractivity contribution in [2.45, 2.75) is 20.0 Å². The molecule has 7 heteroatoms. The van der Waals surface area contributed by atoms with E-state index in [9.17, 15) is 19.5 Å². The number of hydrogen-bond acceptors (Lipinski definition) is 6. The van der Waals surface area contributed by atoms with E-state index in [1.807, 2.05) is 0 Å². The predicted octanol–water partition coefficient (Wildman–Crippen LogP) is 1.37. The number of ketones is 1. The van der Waals surface area contributed by atoms with Crippen molar-refractivity contribution in [3.8, 4) is 5.75 Å². The molecule has 0 saturated carbocycles. The molecule has 1 aromatic rings. The van der Waals surface area contributed by atoms with Gasteiger partial charge in [-0.25, -0.2) is 4.79 Å². The van der Waals surface area contributed by atoms with Gasteiger partial charge in [0.05, 0.1) is 13.7 Å². The molecule has 1 amide bonds. The fraction of sp³-hybridized carbons (Fsp3) is 0.312. The number of esters is 1. The zero-order chi connectivity index (χ0) is 17.1. The van der Waals surface area contributed by atoms with Gasteiger partial charge in [0.1, 0.15) is 11.3 Å².